The average Bonchev–Trinajstić information content (AvgIpc) is 3.50. The highest BCUT2D eigenvalue weighted by molar-refractivity contribution is 7.92. The van der Waals surface area contributed by atoms with Crippen molar-refractivity contribution in [2.24, 2.45) is 0 Å². The Balaban J connectivity index is 1.61. The van der Waals surface area contributed by atoms with Gasteiger partial charge in [-0.25, -0.2) is 21.9 Å². The molecule has 1 heterocycles. The van der Waals surface area contributed by atoms with E-state index < -0.39 is 122 Å². The van der Waals surface area contributed by atoms with E-state index in [9.17, 15) is 43.0 Å². The van der Waals surface area contributed by atoms with Gasteiger partial charge in [0.25, 0.3) is 21.8 Å². The summed E-state index contributed by atoms with van der Waals surface area (Å²) in [6, 6.07) is 5.72. The predicted octanol–water partition coefficient (Wildman–Crippen LogP) is 3.10. The molecule has 0 saturated heterocycles. The summed E-state index contributed by atoms with van der Waals surface area (Å²) in [4.78, 5) is 34.3. The highest BCUT2D eigenvalue weighted by Crippen LogP contribution is 2.44. The summed E-state index contributed by atoms with van der Waals surface area (Å²) in [5, 5.41) is 42.8. The van der Waals surface area contributed by atoms with E-state index in [-0.39, 0.29) is 11.1 Å². The number of benzene rings is 3. The molecule has 20 heteroatoms. The Bertz CT molecular complexity index is 1930. The van der Waals surface area contributed by atoms with Gasteiger partial charge in [0, 0.05) is 16.5 Å². The van der Waals surface area contributed by atoms with Crippen LogP contribution < -0.4 is 24.8 Å². The van der Waals surface area contributed by atoms with Gasteiger partial charge in [0.1, 0.15) is 17.4 Å². The number of thiophene rings is 1. The number of amides is 2. The summed E-state index contributed by atoms with van der Waals surface area (Å²) in [6.45, 7) is 1.95. The van der Waals surface area contributed by atoms with E-state index in [2.05, 4.69) is 10.6 Å². The molecule has 2 amide bonds. The number of ether oxygens (including phenoxy) is 2. The summed E-state index contributed by atoms with van der Waals surface area (Å²) in [5.74, 6) is -7.48. The fourth-order valence-electron chi connectivity index (χ4n) is 4.18. The minimum Gasteiger partial charge on any atom is -0.504 e. The maximum absolute atomic E-state index is 16.0. The number of halogens is 2. The maximum Gasteiger partial charge on any atom is 0.251 e. The van der Waals surface area contributed by atoms with Crippen molar-refractivity contribution in [3.8, 4) is 34.5 Å². The molecule has 4 aromatic rings. The molecule has 0 saturated carbocycles. The molecule has 49 heavy (non-hydrogen) atoms. The SMILES string of the molecule is CC(COc1c(OCC(C)NC(=O)c2ccc(O)c(O)c2)c(F)c2sc(S(=O)(=O)NC[PH](=O)O)cc2c1F)NC(=O)c1ccc(O)c(O)c1. The summed E-state index contributed by atoms with van der Waals surface area (Å²) < 4.78 is 80.3. The molecule has 4 rings (SSSR count). The van der Waals surface area contributed by atoms with Gasteiger partial charge in [-0.15, -0.1) is 11.3 Å². The number of hydrogen-bond donors (Lipinski definition) is 8. The van der Waals surface area contributed by atoms with Crippen molar-refractivity contribution >= 4 is 51.3 Å². The lowest BCUT2D eigenvalue weighted by Crippen LogP contribution is -2.37. The zero-order valence-corrected chi connectivity index (χ0v) is 28.1. The van der Waals surface area contributed by atoms with Gasteiger partial charge in [-0.3, -0.25) is 14.2 Å². The van der Waals surface area contributed by atoms with Crippen LogP contribution in [-0.2, 0) is 14.6 Å². The number of phenolic OH excluding ortho intramolecular Hbond substituents is 4. The highest BCUT2D eigenvalue weighted by atomic mass is 32.2. The number of phenols is 4. The lowest BCUT2D eigenvalue weighted by molar-refractivity contribution is 0.0912. The third kappa shape index (κ3) is 8.87. The van der Waals surface area contributed by atoms with Gasteiger partial charge in [0.15, 0.2) is 34.6 Å². The number of sulfonamides is 1. The third-order valence-electron chi connectivity index (χ3n) is 6.61. The van der Waals surface area contributed by atoms with Gasteiger partial charge < -0.3 is 45.4 Å². The van der Waals surface area contributed by atoms with E-state index in [4.69, 9.17) is 14.4 Å². The summed E-state index contributed by atoms with van der Waals surface area (Å²) >= 11 is 0.314. The van der Waals surface area contributed by atoms with Crippen molar-refractivity contribution in [3.05, 3.63) is 65.2 Å². The van der Waals surface area contributed by atoms with Gasteiger partial charge in [0.2, 0.25) is 19.5 Å². The van der Waals surface area contributed by atoms with Crippen molar-refractivity contribution < 1.29 is 66.1 Å². The molecule has 0 spiro atoms. The van der Waals surface area contributed by atoms with Crippen LogP contribution >= 0.6 is 19.4 Å². The molecular weight excluding hydrogens is 715 g/mol. The van der Waals surface area contributed by atoms with Crippen molar-refractivity contribution in [2.45, 2.75) is 30.1 Å². The van der Waals surface area contributed by atoms with E-state index in [0.717, 1.165) is 30.3 Å². The lowest BCUT2D eigenvalue weighted by atomic mass is 10.1. The molecule has 0 aliphatic carbocycles. The van der Waals surface area contributed by atoms with Crippen LogP contribution in [0, 0.1) is 11.6 Å². The molecule has 1 aromatic heterocycles. The van der Waals surface area contributed by atoms with E-state index in [1.807, 2.05) is 4.72 Å². The number of fused-ring (bicyclic) bond motifs is 1. The van der Waals surface area contributed by atoms with Crippen LogP contribution in [0.2, 0.25) is 0 Å². The lowest BCUT2D eigenvalue weighted by Gasteiger charge is -2.20. The number of carbonyl (C=O) groups excluding carboxylic acids is 2. The van der Waals surface area contributed by atoms with Gasteiger partial charge in [0.05, 0.1) is 23.1 Å². The molecule has 0 aliphatic rings. The quantitative estimate of drug-likeness (QED) is 0.0686. The molecule has 0 fully saturated rings. The number of rotatable bonds is 14. The number of hydrogen-bond acceptors (Lipinski definition) is 12. The Labute approximate surface area is 281 Å². The Morgan fingerprint density at radius 3 is 1.73 bits per heavy atom. The van der Waals surface area contributed by atoms with Crippen LogP contribution in [0.3, 0.4) is 0 Å². The Kier molecular flexibility index (Phi) is 11.6. The number of aromatic hydroxyl groups is 4. The van der Waals surface area contributed by atoms with Crippen LogP contribution in [0.15, 0.2) is 46.7 Å². The van der Waals surface area contributed by atoms with Crippen LogP contribution in [0.25, 0.3) is 10.1 Å². The second-order valence-corrected chi connectivity index (χ2v) is 14.8. The minimum atomic E-state index is -4.46. The van der Waals surface area contributed by atoms with Crippen LogP contribution in [0.5, 0.6) is 34.5 Å². The topological polar surface area (TPSA) is 241 Å². The Morgan fingerprint density at radius 2 is 1.29 bits per heavy atom. The van der Waals surface area contributed by atoms with Crippen molar-refractivity contribution in [2.75, 3.05) is 19.5 Å². The molecule has 0 bridgehead atoms. The largest absolute Gasteiger partial charge is 0.504 e. The molecule has 8 N–H and O–H groups in total. The Morgan fingerprint density at radius 1 is 0.816 bits per heavy atom. The minimum absolute atomic E-state index is 0.0317. The second-order valence-electron chi connectivity index (χ2n) is 10.6. The maximum atomic E-state index is 16.0. The smallest absolute Gasteiger partial charge is 0.251 e. The first-order valence-electron chi connectivity index (χ1n) is 14.1. The first-order chi connectivity index (χ1) is 23.0. The van der Waals surface area contributed by atoms with Crippen LogP contribution in [0.4, 0.5) is 8.78 Å². The standard InChI is InChI=1S/C29H30F2N3O12PS2/c1-13(33-28(39)15-3-5-18(35)20(37)7-15)10-45-25-23(30)17-9-22(49(43,44)32-12-47(41)42)48-27(17)24(31)26(25)46-11-14(2)34-29(40)16-4-6-19(36)21(38)8-16/h3-9,13-14,32,35-38,47H,10-12H2,1-2H3,(H,33,39)(H,34,40)(H,41,42). The van der Waals surface area contributed by atoms with Crippen molar-refractivity contribution in [1.29, 1.82) is 0 Å². The van der Waals surface area contributed by atoms with Crippen molar-refractivity contribution in [1.82, 2.24) is 15.4 Å². The Hall–Kier alpha value is -4.68. The van der Waals surface area contributed by atoms with Gasteiger partial charge in [-0.2, -0.15) is 0 Å². The van der Waals surface area contributed by atoms with Crippen LogP contribution in [-0.4, -0.2) is 77.1 Å². The second kappa shape index (κ2) is 15.3. The first-order valence-corrected chi connectivity index (χ1v) is 17.9. The van der Waals surface area contributed by atoms with E-state index in [0.29, 0.717) is 11.3 Å². The van der Waals surface area contributed by atoms with E-state index in [1.165, 1.54) is 26.0 Å². The van der Waals surface area contributed by atoms with Gasteiger partial charge in [-0.05, 0) is 56.3 Å². The zero-order valence-electron chi connectivity index (χ0n) is 25.5. The normalized spacial score (nSPS) is 13.4. The van der Waals surface area contributed by atoms with Gasteiger partial charge >= 0.3 is 0 Å². The van der Waals surface area contributed by atoms with Gasteiger partial charge in [-0.1, -0.05) is 0 Å². The molecule has 0 aliphatic heterocycles. The number of carbonyl (C=O) groups is 2. The first kappa shape index (κ1) is 37.1. The fraction of sp³-hybridized carbons (Fsp3) is 0.241. The number of nitrogens with one attached hydrogen (secondary N) is 3. The molecular formula is C29H30F2N3O12PS2. The molecule has 15 nitrogen and oxygen atoms in total. The third-order valence-corrected chi connectivity index (χ3v) is 10.4. The molecule has 3 aromatic carbocycles. The molecule has 264 valence electrons. The zero-order chi connectivity index (χ0) is 36.2. The summed E-state index contributed by atoms with van der Waals surface area (Å²) in [5.41, 5.74) is -0.0637. The average molecular weight is 746 g/mol. The molecule has 3 unspecified atom stereocenters. The fourth-order valence-corrected chi connectivity index (χ4v) is 7.53. The molecule has 3 atom stereocenters. The highest BCUT2D eigenvalue weighted by Gasteiger charge is 2.29. The predicted molar refractivity (Wildman–Crippen MR) is 173 cm³/mol. The molecule has 0 radical (unpaired) electrons. The summed E-state index contributed by atoms with van der Waals surface area (Å²) in [6.07, 6.45) is -0.810. The summed E-state index contributed by atoms with van der Waals surface area (Å²) in [7, 11) is -7.72. The van der Waals surface area contributed by atoms with Crippen molar-refractivity contribution in [3.63, 3.8) is 0 Å². The monoisotopic (exact) mass is 745 g/mol. The van der Waals surface area contributed by atoms with Crippen LogP contribution in [0.1, 0.15) is 34.6 Å². The van der Waals surface area contributed by atoms with E-state index in [1.54, 1.807) is 0 Å². The van der Waals surface area contributed by atoms with E-state index >= 15 is 8.78 Å².